The number of hydrogen-bond donors (Lipinski definition) is 2. The van der Waals surface area contributed by atoms with Crippen LogP contribution in [0.5, 0.6) is 0 Å². The molecular formula is C10H16N2O. The maximum atomic E-state index is 5.53. The number of nitrogens with two attached hydrogens (primary N) is 1. The van der Waals surface area contributed by atoms with Gasteiger partial charge in [-0.2, -0.15) is 0 Å². The van der Waals surface area contributed by atoms with Crippen LogP contribution in [0.4, 0.5) is 0 Å². The Hall–Kier alpha value is -0.800. The van der Waals surface area contributed by atoms with Crippen LogP contribution in [0.25, 0.3) is 0 Å². The molecule has 1 heterocycles. The van der Waals surface area contributed by atoms with E-state index in [1.54, 1.807) is 6.26 Å². The molecule has 0 aromatic carbocycles. The first-order valence-electron chi connectivity index (χ1n) is 4.82. The Balaban J connectivity index is 2.11. The van der Waals surface area contributed by atoms with Gasteiger partial charge in [0, 0.05) is 5.56 Å². The smallest absolute Gasteiger partial charge is 0.101 e. The Morgan fingerprint density at radius 2 is 2.38 bits per heavy atom. The third kappa shape index (κ3) is 1.62. The zero-order valence-electron chi connectivity index (χ0n) is 7.92. The third-order valence-electron chi connectivity index (χ3n) is 2.91. The average Bonchev–Trinajstić information content (AvgIpc) is 2.43. The predicted molar refractivity (Wildman–Crippen MR) is 50.9 cm³/mol. The molecule has 0 amide bonds. The van der Waals surface area contributed by atoms with E-state index in [0.29, 0.717) is 5.92 Å². The molecule has 3 nitrogen and oxygen atoms in total. The van der Waals surface area contributed by atoms with Gasteiger partial charge in [-0.1, -0.05) is 6.42 Å². The van der Waals surface area contributed by atoms with E-state index in [0.717, 1.165) is 5.76 Å². The summed E-state index contributed by atoms with van der Waals surface area (Å²) in [5.41, 5.74) is 4.06. The first-order chi connectivity index (χ1) is 6.31. The maximum Gasteiger partial charge on any atom is 0.101 e. The van der Waals surface area contributed by atoms with E-state index in [1.807, 2.05) is 6.92 Å². The van der Waals surface area contributed by atoms with Gasteiger partial charge in [0.1, 0.15) is 5.76 Å². The molecule has 1 aliphatic rings. The topological polar surface area (TPSA) is 51.2 Å². The largest absolute Gasteiger partial charge is 0.469 e. The van der Waals surface area contributed by atoms with E-state index in [2.05, 4.69) is 11.5 Å². The molecule has 1 aromatic heterocycles. The van der Waals surface area contributed by atoms with E-state index >= 15 is 0 Å². The van der Waals surface area contributed by atoms with Crippen LogP contribution in [0.3, 0.4) is 0 Å². The zero-order chi connectivity index (χ0) is 9.26. The molecule has 0 radical (unpaired) electrons. The Labute approximate surface area is 78.3 Å². The normalized spacial score (nSPS) is 19.8. The van der Waals surface area contributed by atoms with Crippen molar-refractivity contribution in [3.63, 3.8) is 0 Å². The molecular weight excluding hydrogens is 164 g/mol. The van der Waals surface area contributed by atoms with Crippen molar-refractivity contribution in [1.82, 2.24) is 5.43 Å². The monoisotopic (exact) mass is 180 g/mol. The van der Waals surface area contributed by atoms with E-state index in [4.69, 9.17) is 10.3 Å². The summed E-state index contributed by atoms with van der Waals surface area (Å²) in [4.78, 5) is 0. The highest BCUT2D eigenvalue weighted by atomic mass is 16.3. The minimum Gasteiger partial charge on any atom is -0.469 e. The number of rotatable bonds is 3. The van der Waals surface area contributed by atoms with Crippen molar-refractivity contribution in [3.05, 3.63) is 23.7 Å². The molecule has 1 unspecified atom stereocenters. The van der Waals surface area contributed by atoms with Gasteiger partial charge in [0.15, 0.2) is 0 Å². The Bertz CT molecular complexity index is 278. The molecule has 1 saturated carbocycles. The average molecular weight is 180 g/mol. The van der Waals surface area contributed by atoms with E-state index in [-0.39, 0.29) is 6.04 Å². The van der Waals surface area contributed by atoms with Gasteiger partial charge in [0.25, 0.3) is 0 Å². The summed E-state index contributed by atoms with van der Waals surface area (Å²) in [6.45, 7) is 1.96. The molecule has 1 atom stereocenters. The fraction of sp³-hybridized carbons (Fsp3) is 0.600. The quantitative estimate of drug-likeness (QED) is 0.551. The lowest BCUT2D eigenvalue weighted by molar-refractivity contribution is 0.231. The highest BCUT2D eigenvalue weighted by Gasteiger charge is 2.28. The van der Waals surface area contributed by atoms with Crippen LogP contribution in [-0.2, 0) is 0 Å². The number of hydrogen-bond acceptors (Lipinski definition) is 3. The zero-order valence-corrected chi connectivity index (χ0v) is 7.92. The van der Waals surface area contributed by atoms with E-state index < -0.39 is 0 Å². The first kappa shape index (κ1) is 8.78. The highest BCUT2D eigenvalue weighted by Crippen LogP contribution is 2.37. The third-order valence-corrected chi connectivity index (χ3v) is 2.91. The summed E-state index contributed by atoms with van der Waals surface area (Å²) < 4.78 is 5.27. The molecule has 3 heteroatoms. The number of hydrazine groups is 1. The molecule has 1 aromatic rings. The molecule has 0 saturated heterocycles. The summed E-state index contributed by atoms with van der Waals surface area (Å²) >= 11 is 0. The molecule has 1 fully saturated rings. The Kier molecular flexibility index (Phi) is 2.38. The molecule has 72 valence electrons. The summed E-state index contributed by atoms with van der Waals surface area (Å²) in [6.07, 6.45) is 5.69. The molecule has 0 aliphatic heterocycles. The molecule has 0 bridgehead atoms. The lowest BCUT2D eigenvalue weighted by atomic mass is 9.78. The lowest BCUT2D eigenvalue weighted by Gasteiger charge is -2.32. The number of aryl methyl sites for hydroxylation is 1. The minimum absolute atomic E-state index is 0.284. The van der Waals surface area contributed by atoms with Gasteiger partial charge in [-0.3, -0.25) is 11.3 Å². The van der Waals surface area contributed by atoms with E-state index in [1.165, 1.54) is 24.8 Å². The summed E-state index contributed by atoms with van der Waals surface area (Å²) in [5.74, 6) is 7.18. The van der Waals surface area contributed by atoms with Crippen LogP contribution in [0.2, 0.25) is 0 Å². The van der Waals surface area contributed by atoms with Crippen LogP contribution >= 0.6 is 0 Å². The van der Waals surface area contributed by atoms with Crippen molar-refractivity contribution in [3.8, 4) is 0 Å². The van der Waals surface area contributed by atoms with Crippen molar-refractivity contribution in [1.29, 1.82) is 0 Å². The second kappa shape index (κ2) is 3.52. The highest BCUT2D eigenvalue weighted by molar-refractivity contribution is 5.17. The predicted octanol–water partition coefficient (Wildman–Crippen LogP) is 1.89. The van der Waals surface area contributed by atoms with Crippen LogP contribution < -0.4 is 11.3 Å². The molecule has 2 rings (SSSR count). The van der Waals surface area contributed by atoms with Crippen LogP contribution in [0.1, 0.15) is 36.6 Å². The Morgan fingerprint density at radius 1 is 1.62 bits per heavy atom. The van der Waals surface area contributed by atoms with Gasteiger partial charge in [-0.15, -0.1) is 0 Å². The van der Waals surface area contributed by atoms with Gasteiger partial charge in [0.05, 0.1) is 12.3 Å². The van der Waals surface area contributed by atoms with Crippen molar-refractivity contribution in [2.24, 2.45) is 11.8 Å². The van der Waals surface area contributed by atoms with E-state index in [9.17, 15) is 0 Å². The fourth-order valence-corrected chi connectivity index (χ4v) is 1.90. The lowest BCUT2D eigenvalue weighted by Crippen LogP contribution is -2.36. The van der Waals surface area contributed by atoms with Gasteiger partial charge >= 0.3 is 0 Å². The van der Waals surface area contributed by atoms with Crippen molar-refractivity contribution >= 4 is 0 Å². The maximum absolute atomic E-state index is 5.53. The Morgan fingerprint density at radius 3 is 2.77 bits per heavy atom. The second-order valence-corrected chi connectivity index (χ2v) is 3.83. The van der Waals surface area contributed by atoms with Crippen molar-refractivity contribution < 1.29 is 4.42 Å². The molecule has 13 heavy (non-hydrogen) atoms. The molecule has 0 spiro atoms. The van der Waals surface area contributed by atoms with Gasteiger partial charge in [0.2, 0.25) is 0 Å². The summed E-state index contributed by atoms with van der Waals surface area (Å²) in [5, 5.41) is 0. The number of furan rings is 1. The van der Waals surface area contributed by atoms with Crippen molar-refractivity contribution in [2.75, 3.05) is 0 Å². The standard InChI is InChI=1S/C10H16N2O/c1-7-5-9(6-13-7)10(12-11)8-3-2-4-8/h5-6,8,10,12H,2-4,11H2,1H3. The van der Waals surface area contributed by atoms with Crippen molar-refractivity contribution in [2.45, 2.75) is 32.2 Å². The summed E-state index contributed by atoms with van der Waals surface area (Å²) in [7, 11) is 0. The van der Waals surface area contributed by atoms with Crippen LogP contribution in [0.15, 0.2) is 16.7 Å². The minimum atomic E-state index is 0.284. The molecule has 3 N–H and O–H groups in total. The summed E-state index contributed by atoms with van der Waals surface area (Å²) in [6, 6.07) is 2.34. The van der Waals surface area contributed by atoms with Gasteiger partial charge < -0.3 is 4.42 Å². The van der Waals surface area contributed by atoms with Gasteiger partial charge in [-0.25, -0.2) is 0 Å². The number of nitrogens with one attached hydrogen (secondary N) is 1. The van der Waals surface area contributed by atoms with Crippen LogP contribution in [0, 0.1) is 12.8 Å². The second-order valence-electron chi connectivity index (χ2n) is 3.83. The SMILES string of the molecule is Cc1cc(C(NN)C2CCC2)co1. The first-order valence-corrected chi connectivity index (χ1v) is 4.82. The molecule has 1 aliphatic carbocycles. The van der Waals surface area contributed by atoms with Crippen LogP contribution in [-0.4, -0.2) is 0 Å². The fourth-order valence-electron chi connectivity index (χ4n) is 1.90. The van der Waals surface area contributed by atoms with Gasteiger partial charge in [-0.05, 0) is 31.7 Å².